The van der Waals surface area contributed by atoms with Gasteiger partial charge in [0.05, 0.1) is 6.21 Å². The van der Waals surface area contributed by atoms with Crippen LogP contribution in [-0.4, -0.2) is 17.1 Å². The number of amidine groups is 1. The average Bonchev–Trinajstić information content (AvgIpc) is 2.67. The zero-order chi connectivity index (χ0) is 10.2. The first-order valence-electron chi connectivity index (χ1n) is 3.95. The molecule has 0 radical (unpaired) electrons. The zero-order valence-electron chi connectivity index (χ0n) is 7.59. The maximum Gasteiger partial charge on any atom is 0.180 e. The lowest BCUT2D eigenvalue weighted by atomic mass is 10.4. The number of rotatable bonds is 4. The highest BCUT2D eigenvalue weighted by atomic mass is 32.2. The zero-order valence-corrected chi connectivity index (χ0v) is 9.22. The Morgan fingerprint density at radius 1 is 1.71 bits per heavy atom. The van der Waals surface area contributed by atoms with Crippen molar-refractivity contribution in [1.82, 2.24) is 0 Å². The molecule has 0 aliphatic heterocycles. The Labute approximate surface area is 91.4 Å². The fraction of sp³-hybridized carbons (Fsp3) is 0.111. The van der Waals surface area contributed by atoms with Crippen LogP contribution in [0, 0.1) is 0 Å². The lowest BCUT2D eigenvalue weighted by Crippen LogP contribution is -2.05. The van der Waals surface area contributed by atoms with Crippen LogP contribution < -0.4 is 5.73 Å². The van der Waals surface area contributed by atoms with E-state index in [0.29, 0.717) is 5.17 Å². The van der Waals surface area contributed by atoms with Gasteiger partial charge in [-0.15, -0.1) is 11.7 Å². The SMILES string of the molecule is C=CCS/C(N)=N\N=Cc1ccsc1. The number of hydrogen-bond acceptors (Lipinski definition) is 4. The fourth-order valence-electron chi connectivity index (χ4n) is 0.674. The molecule has 0 saturated carbocycles. The summed E-state index contributed by atoms with van der Waals surface area (Å²) in [6.45, 7) is 3.59. The maximum atomic E-state index is 5.55. The molecule has 0 amide bonds. The third kappa shape index (κ3) is 4.25. The molecule has 3 nitrogen and oxygen atoms in total. The summed E-state index contributed by atoms with van der Waals surface area (Å²) in [5, 5.41) is 12.1. The standard InChI is InChI=1S/C9H11N3S2/c1-2-4-14-9(10)12-11-6-8-3-5-13-7-8/h2-3,5-7H,1,4H2,(H2,10,12). The van der Waals surface area contributed by atoms with Crippen LogP contribution in [0.15, 0.2) is 39.7 Å². The van der Waals surface area contributed by atoms with Gasteiger partial charge in [-0.05, 0) is 16.8 Å². The quantitative estimate of drug-likeness (QED) is 0.370. The summed E-state index contributed by atoms with van der Waals surface area (Å²) < 4.78 is 0. The second-order valence-corrected chi connectivity index (χ2v) is 4.16. The van der Waals surface area contributed by atoms with Crippen molar-refractivity contribution >= 4 is 34.5 Å². The van der Waals surface area contributed by atoms with Crippen molar-refractivity contribution in [2.45, 2.75) is 0 Å². The van der Waals surface area contributed by atoms with Gasteiger partial charge >= 0.3 is 0 Å². The fourth-order valence-corrected chi connectivity index (χ4v) is 1.68. The molecule has 0 bridgehead atoms. The summed E-state index contributed by atoms with van der Waals surface area (Å²) in [5.41, 5.74) is 6.60. The summed E-state index contributed by atoms with van der Waals surface area (Å²) in [5.74, 6) is 0.753. The van der Waals surface area contributed by atoms with E-state index in [1.54, 1.807) is 23.6 Å². The van der Waals surface area contributed by atoms with Gasteiger partial charge in [-0.25, -0.2) is 0 Å². The molecule has 0 atom stereocenters. The molecule has 14 heavy (non-hydrogen) atoms. The Balaban J connectivity index is 2.41. The van der Waals surface area contributed by atoms with Gasteiger partial charge in [-0.2, -0.15) is 16.4 Å². The van der Waals surface area contributed by atoms with Crippen LogP contribution in [0.5, 0.6) is 0 Å². The Morgan fingerprint density at radius 3 is 3.21 bits per heavy atom. The Hall–Kier alpha value is -1.07. The first-order valence-corrected chi connectivity index (χ1v) is 5.88. The van der Waals surface area contributed by atoms with E-state index in [4.69, 9.17) is 5.73 Å². The third-order valence-electron chi connectivity index (χ3n) is 1.26. The van der Waals surface area contributed by atoms with Gasteiger partial charge in [-0.3, -0.25) is 0 Å². The molecular formula is C9H11N3S2. The summed E-state index contributed by atoms with van der Waals surface area (Å²) in [6, 6.07) is 1.97. The summed E-state index contributed by atoms with van der Waals surface area (Å²) in [7, 11) is 0. The molecule has 0 aromatic carbocycles. The minimum Gasteiger partial charge on any atom is -0.377 e. The predicted molar refractivity (Wildman–Crippen MR) is 66.2 cm³/mol. The molecule has 2 N–H and O–H groups in total. The van der Waals surface area contributed by atoms with Gasteiger partial charge in [0.25, 0.3) is 0 Å². The van der Waals surface area contributed by atoms with Crippen molar-refractivity contribution in [1.29, 1.82) is 0 Å². The van der Waals surface area contributed by atoms with E-state index >= 15 is 0 Å². The molecule has 74 valence electrons. The monoisotopic (exact) mass is 225 g/mol. The highest BCUT2D eigenvalue weighted by Gasteiger charge is 1.89. The van der Waals surface area contributed by atoms with Gasteiger partial charge < -0.3 is 5.73 Å². The topological polar surface area (TPSA) is 50.7 Å². The van der Waals surface area contributed by atoms with Crippen LogP contribution in [0.4, 0.5) is 0 Å². The average molecular weight is 225 g/mol. The largest absolute Gasteiger partial charge is 0.377 e. The van der Waals surface area contributed by atoms with Gasteiger partial charge in [-0.1, -0.05) is 17.8 Å². The first kappa shape index (κ1) is 11.0. The molecule has 1 heterocycles. The van der Waals surface area contributed by atoms with Crippen LogP contribution in [0.2, 0.25) is 0 Å². The van der Waals surface area contributed by atoms with Gasteiger partial charge in [0, 0.05) is 11.3 Å². The van der Waals surface area contributed by atoms with Crippen molar-refractivity contribution in [3.63, 3.8) is 0 Å². The van der Waals surface area contributed by atoms with Crippen molar-refractivity contribution in [2.75, 3.05) is 5.75 Å². The minimum absolute atomic E-state index is 0.455. The van der Waals surface area contributed by atoms with Crippen LogP contribution in [0.25, 0.3) is 0 Å². The third-order valence-corrected chi connectivity index (χ3v) is 2.74. The summed E-state index contributed by atoms with van der Waals surface area (Å²) in [4.78, 5) is 0. The van der Waals surface area contributed by atoms with E-state index < -0.39 is 0 Å². The highest BCUT2D eigenvalue weighted by Crippen LogP contribution is 2.03. The second-order valence-electron chi connectivity index (χ2n) is 2.34. The normalized spacial score (nSPS) is 12.1. The lowest BCUT2D eigenvalue weighted by molar-refractivity contribution is 1.25. The second kappa shape index (κ2) is 6.39. The molecule has 0 aliphatic rings. The number of nitrogens with two attached hydrogens (primary N) is 1. The van der Waals surface area contributed by atoms with Crippen molar-refractivity contribution in [2.24, 2.45) is 15.9 Å². The Bertz CT molecular complexity index is 328. The van der Waals surface area contributed by atoms with Crippen LogP contribution in [0.3, 0.4) is 0 Å². The van der Waals surface area contributed by atoms with E-state index in [1.807, 2.05) is 16.8 Å². The molecule has 0 spiro atoms. The predicted octanol–water partition coefficient (Wildman–Crippen LogP) is 2.32. The number of thiophene rings is 1. The summed E-state index contributed by atoms with van der Waals surface area (Å²) >= 11 is 3.04. The van der Waals surface area contributed by atoms with E-state index in [1.165, 1.54) is 11.8 Å². The van der Waals surface area contributed by atoms with Crippen molar-refractivity contribution in [3.8, 4) is 0 Å². The van der Waals surface area contributed by atoms with Crippen LogP contribution >= 0.6 is 23.1 Å². The number of nitrogens with zero attached hydrogens (tertiary/aromatic N) is 2. The number of thioether (sulfide) groups is 1. The smallest absolute Gasteiger partial charge is 0.180 e. The molecule has 1 rings (SSSR count). The van der Waals surface area contributed by atoms with E-state index in [-0.39, 0.29) is 0 Å². The molecule has 1 aromatic heterocycles. The molecule has 0 unspecified atom stereocenters. The molecule has 0 aliphatic carbocycles. The summed E-state index contributed by atoms with van der Waals surface area (Å²) in [6.07, 6.45) is 3.45. The van der Waals surface area contributed by atoms with E-state index in [0.717, 1.165) is 11.3 Å². The lowest BCUT2D eigenvalue weighted by Gasteiger charge is -1.91. The highest BCUT2D eigenvalue weighted by molar-refractivity contribution is 8.13. The van der Waals surface area contributed by atoms with E-state index in [2.05, 4.69) is 16.8 Å². The van der Waals surface area contributed by atoms with E-state index in [9.17, 15) is 0 Å². The maximum absolute atomic E-state index is 5.55. The first-order chi connectivity index (χ1) is 6.83. The minimum atomic E-state index is 0.455. The van der Waals surface area contributed by atoms with Gasteiger partial charge in [0.2, 0.25) is 0 Å². The molecule has 1 aromatic rings. The van der Waals surface area contributed by atoms with Crippen molar-refractivity contribution < 1.29 is 0 Å². The van der Waals surface area contributed by atoms with Gasteiger partial charge in [0.15, 0.2) is 5.17 Å². The molecule has 5 heteroatoms. The van der Waals surface area contributed by atoms with Crippen LogP contribution in [-0.2, 0) is 0 Å². The van der Waals surface area contributed by atoms with Crippen molar-refractivity contribution in [3.05, 3.63) is 35.0 Å². The van der Waals surface area contributed by atoms with Crippen LogP contribution in [0.1, 0.15) is 5.56 Å². The molecular weight excluding hydrogens is 214 g/mol. The van der Waals surface area contributed by atoms with Gasteiger partial charge in [0.1, 0.15) is 0 Å². The Morgan fingerprint density at radius 2 is 2.57 bits per heavy atom. The molecule has 0 saturated heterocycles. The number of hydrogen-bond donors (Lipinski definition) is 1. The molecule has 0 fully saturated rings. The Kier molecular flexibility index (Phi) is 5.03.